The third kappa shape index (κ3) is 5.60. The number of hydrogen-bond acceptors (Lipinski definition) is 12. The molecule has 0 aromatic carbocycles. The number of nitrogens with one attached hydrogen (secondary N) is 1. The summed E-state index contributed by atoms with van der Waals surface area (Å²) >= 11 is 0. The molecule has 0 aromatic rings. The summed E-state index contributed by atoms with van der Waals surface area (Å²) in [5, 5.41) is 2.87. The van der Waals surface area contributed by atoms with Gasteiger partial charge in [-0.2, -0.15) is 0 Å². The van der Waals surface area contributed by atoms with Crippen molar-refractivity contribution in [1.29, 1.82) is 0 Å². The average Bonchev–Trinajstić information content (AvgIpc) is 3.44. The highest BCUT2D eigenvalue weighted by atomic mass is 17.3. The Morgan fingerprint density at radius 1 is 0.673 bits per heavy atom. The fraction of sp³-hybridized carbons (Fsp3) is 0.944. The van der Waals surface area contributed by atoms with Gasteiger partial charge in [0.05, 0.1) is 13.0 Å². The second kappa shape index (κ2) is 12.6. The van der Waals surface area contributed by atoms with Crippen LogP contribution in [0, 0.1) is 47.3 Å². The minimum absolute atomic E-state index is 0.00578. The summed E-state index contributed by atoms with van der Waals surface area (Å²) in [5.41, 5.74) is -1.36. The van der Waals surface area contributed by atoms with Gasteiger partial charge in [-0.1, -0.05) is 27.7 Å². The molecule has 8 aliphatic heterocycles. The molecular weight excluding hydrogens is 638 g/mol. The number of amides is 1. The molecule has 2 aliphatic carbocycles. The van der Waals surface area contributed by atoms with Crippen LogP contribution in [0.4, 0.5) is 0 Å². The normalized spacial score (nSPS) is 52.7. The third-order valence-corrected chi connectivity index (χ3v) is 13.7. The number of esters is 1. The van der Waals surface area contributed by atoms with Crippen molar-refractivity contribution in [3.63, 3.8) is 0 Å². The van der Waals surface area contributed by atoms with Crippen molar-refractivity contribution in [2.45, 2.75) is 154 Å². The largest absolute Gasteiger partial charge is 0.435 e. The summed E-state index contributed by atoms with van der Waals surface area (Å²) in [6.45, 7) is 13.0. The van der Waals surface area contributed by atoms with Crippen molar-refractivity contribution in [3.8, 4) is 0 Å². The maximum Gasteiger partial charge on any atom is 0.308 e. The number of ether oxygens (including phenoxy) is 6. The standard InChI is InChI=1S/C36H55NO12/c1-19-7-9-25-21(3)29(42-31-35(25)23(19)13-15-33(5,44-31)46-48-35)40-18-17-37-27(38)11-12-28(39)41-30-22(4)26-10-8-20(2)24-14-16-34(6)45-32(43-30)36(24,26)49-47-34/h19-26,29-32H,7-18H2,1-6H3,(H,37,38)/t19-,20-,21-,22-,23?,24?,25?,26?,29+,30-,31-,32-,33-,34-,35-,36-/m1/s1. The SMILES string of the molecule is C[C@@H]1CCC2[C@@H](C)[C@H](OC(=O)CCC(=O)NCCO[C@H]3O[C@@H]4O[C@@]5(C)CCC6[C@H](C)CCC([C@H]3C)[C@]64OO5)O[C@@H]3O[C@@]4(C)CCC1[C@@]23OO4. The van der Waals surface area contributed by atoms with E-state index in [1.165, 1.54) is 0 Å². The molecule has 13 heteroatoms. The van der Waals surface area contributed by atoms with Crippen LogP contribution in [0.5, 0.6) is 0 Å². The Morgan fingerprint density at radius 2 is 1.20 bits per heavy atom. The summed E-state index contributed by atoms with van der Waals surface area (Å²) in [7, 11) is 0. The van der Waals surface area contributed by atoms with Gasteiger partial charge in [-0.3, -0.25) is 9.59 Å². The predicted octanol–water partition coefficient (Wildman–Crippen LogP) is 4.86. The van der Waals surface area contributed by atoms with Gasteiger partial charge in [-0.25, -0.2) is 19.6 Å². The second-order valence-electron chi connectivity index (χ2n) is 16.8. The highest BCUT2D eigenvalue weighted by Gasteiger charge is 2.71. The Bertz CT molecular complexity index is 1290. The summed E-state index contributed by atoms with van der Waals surface area (Å²) in [6.07, 6.45) is 4.78. The first-order valence-corrected chi connectivity index (χ1v) is 18.9. The summed E-state index contributed by atoms with van der Waals surface area (Å²) < 4.78 is 37.6. The van der Waals surface area contributed by atoms with Crippen LogP contribution in [0.25, 0.3) is 0 Å². The number of carbonyl (C=O) groups excluding carboxylic acids is 2. The van der Waals surface area contributed by atoms with E-state index >= 15 is 0 Å². The van der Waals surface area contributed by atoms with Gasteiger partial charge in [0, 0.05) is 49.5 Å². The molecule has 8 heterocycles. The Labute approximate surface area is 288 Å². The Balaban J connectivity index is 0.810. The summed E-state index contributed by atoms with van der Waals surface area (Å²) in [5.74, 6) is -0.907. The zero-order chi connectivity index (χ0) is 34.3. The molecule has 2 spiro atoms. The molecule has 8 saturated heterocycles. The van der Waals surface area contributed by atoms with Gasteiger partial charge < -0.3 is 33.7 Å². The van der Waals surface area contributed by atoms with E-state index in [1.54, 1.807) is 0 Å². The van der Waals surface area contributed by atoms with Gasteiger partial charge in [-0.15, -0.1) is 0 Å². The first kappa shape index (κ1) is 34.7. The Morgan fingerprint density at radius 3 is 1.78 bits per heavy atom. The Hall–Kier alpha value is -1.42. The highest BCUT2D eigenvalue weighted by molar-refractivity contribution is 5.81. The number of rotatable bonds is 8. The molecule has 0 radical (unpaired) electrons. The van der Waals surface area contributed by atoms with Crippen LogP contribution < -0.4 is 5.32 Å². The number of carbonyl (C=O) groups is 2. The van der Waals surface area contributed by atoms with Gasteiger partial charge in [0.25, 0.3) is 0 Å². The van der Waals surface area contributed by atoms with E-state index in [9.17, 15) is 9.59 Å². The summed E-state index contributed by atoms with van der Waals surface area (Å²) in [6, 6.07) is 0. The third-order valence-electron chi connectivity index (χ3n) is 13.7. The van der Waals surface area contributed by atoms with Crippen molar-refractivity contribution in [3.05, 3.63) is 0 Å². The maximum atomic E-state index is 13.0. The topological polar surface area (TPSA) is 138 Å². The van der Waals surface area contributed by atoms with Gasteiger partial charge in [-0.05, 0) is 76.0 Å². The molecule has 10 rings (SSSR count). The molecule has 1 amide bonds. The number of hydrogen-bond donors (Lipinski definition) is 1. The van der Waals surface area contributed by atoms with E-state index in [4.69, 9.17) is 48.0 Å². The average molecular weight is 694 g/mol. The van der Waals surface area contributed by atoms with Crippen molar-refractivity contribution >= 4 is 11.9 Å². The van der Waals surface area contributed by atoms with Gasteiger partial charge in [0.15, 0.2) is 30.1 Å². The van der Waals surface area contributed by atoms with E-state index in [0.29, 0.717) is 18.3 Å². The lowest BCUT2D eigenvalue weighted by molar-refractivity contribution is -0.577. The maximum absolute atomic E-state index is 13.0. The predicted molar refractivity (Wildman–Crippen MR) is 168 cm³/mol. The molecule has 0 aromatic heterocycles. The molecule has 1 N–H and O–H groups in total. The van der Waals surface area contributed by atoms with Gasteiger partial charge in [0.2, 0.25) is 23.8 Å². The first-order valence-electron chi connectivity index (χ1n) is 18.9. The van der Waals surface area contributed by atoms with Gasteiger partial charge >= 0.3 is 5.97 Å². The fourth-order valence-electron chi connectivity index (χ4n) is 10.9. The fourth-order valence-corrected chi connectivity index (χ4v) is 10.9. The second-order valence-corrected chi connectivity index (χ2v) is 16.8. The van der Waals surface area contributed by atoms with Crippen molar-refractivity contribution in [2.24, 2.45) is 47.3 Å². The molecule has 16 atom stereocenters. The van der Waals surface area contributed by atoms with E-state index in [1.807, 2.05) is 20.8 Å². The van der Waals surface area contributed by atoms with Gasteiger partial charge in [0.1, 0.15) is 0 Å². The minimum atomic E-state index is -0.903. The summed E-state index contributed by atoms with van der Waals surface area (Å²) in [4.78, 5) is 49.8. The van der Waals surface area contributed by atoms with Crippen LogP contribution in [0.3, 0.4) is 0 Å². The lowest BCUT2D eigenvalue weighted by Crippen LogP contribution is -2.70. The van der Waals surface area contributed by atoms with Crippen LogP contribution in [-0.4, -0.2) is 73.0 Å². The molecule has 4 bridgehead atoms. The lowest BCUT2D eigenvalue weighted by atomic mass is 9.58. The monoisotopic (exact) mass is 693 g/mol. The zero-order valence-corrected chi connectivity index (χ0v) is 29.8. The Kier molecular flexibility index (Phi) is 8.92. The van der Waals surface area contributed by atoms with Crippen molar-refractivity contribution in [1.82, 2.24) is 5.32 Å². The van der Waals surface area contributed by atoms with Crippen LogP contribution >= 0.6 is 0 Å². The minimum Gasteiger partial charge on any atom is -0.435 e. The molecule has 10 fully saturated rings. The lowest BCUT2D eigenvalue weighted by Gasteiger charge is -2.60. The quantitative estimate of drug-likeness (QED) is 0.211. The smallest absolute Gasteiger partial charge is 0.308 e. The van der Waals surface area contributed by atoms with E-state index in [2.05, 4.69) is 26.1 Å². The highest BCUT2D eigenvalue weighted by Crippen LogP contribution is 2.62. The molecule has 13 nitrogen and oxygen atoms in total. The van der Waals surface area contributed by atoms with E-state index in [-0.39, 0.29) is 67.4 Å². The zero-order valence-electron chi connectivity index (χ0n) is 29.8. The molecule has 4 unspecified atom stereocenters. The number of fused-ring (bicyclic) bond motifs is 4. The van der Waals surface area contributed by atoms with Crippen LogP contribution in [0.2, 0.25) is 0 Å². The molecule has 49 heavy (non-hydrogen) atoms. The molecular formula is C36H55NO12. The van der Waals surface area contributed by atoms with Crippen LogP contribution in [0.1, 0.15) is 106 Å². The first-order chi connectivity index (χ1) is 23.4. The van der Waals surface area contributed by atoms with Crippen molar-refractivity contribution in [2.75, 3.05) is 13.2 Å². The van der Waals surface area contributed by atoms with E-state index in [0.717, 1.165) is 44.9 Å². The van der Waals surface area contributed by atoms with E-state index < -0.39 is 53.9 Å². The van der Waals surface area contributed by atoms with Crippen molar-refractivity contribution < 1.29 is 57.6 Å². The van der Waals surface area contributed by atoms with Crippen LogP contribution in [-0.2, 0) is 57.6 Å². The molecule has 276 valence electrons. The van der Waals surface area contributed by atoms with Crippen LogP contribution in [0.15, 0.2) is 0 Å². The molecule has 2 saturated carbocycles. The molecule has 10 aliphatic rings.